The molecule has 0 fully saturated rings. The van der Waals surface area contributed by atoms with E-state index in [9.17, 15) is 0 Å². The molecule has 10 aromatic rings. The number of fused-ring (bicyclic) bond motifs is 9. The maximum absolute atomic E-state index is 2.37. The number of para-hydroxylation sites is 1. The third-order valence-electron chi connectivity index (χ3n) is 9.80. The largest absolute Gasteiger partial charge is 0.310 e. The monoisotopic (exact) mass is 627 g/mol. The van der Waals surface area contributed by atoms with E-state index < -0.39 is 0 Å². The number of hydrogen-bond donors (Lipinski definition) is 0. The van der Waals surface area contributed by atoms with Crippen LogP contribution < -0.4 is 4.90 Å². The van der Waals surface area contributed by atoms with E-state index in [2.05, 4.69) is 181 Å². The van der Waals surface area contributed by atoms with Crippen molar-refractivity contribution in [3.8, 4) is 11.1 Å². The van der Waals surface area contributed by atoms with E-state index in [1.807, 2.05) is 11.3 Å². The Morgan fingerprint density at radius 1 is 0.333 bits per heavy atom. The zero-order valence-electron chi connectivity index (χ0n) is 26.1. The average Bonchev–Trinajstić information content (AvgIpc) is 3.50. The molecule has 48 heavy (non-hydrogen) atoms. The molecule has 10 rings (SSSR count). The summed E-state index contributed by atoms with van der Waals surface area (Å²) in [6, 6.07) is 64.5. The molecule has 0 aliphatic heterocycles. The standard InChI is InChI=1S/C46H29NS/c1-2-13-35(14-3-1)47(37-23-26-41-43-27-33-10-4-5-11-34(33)28-44(43)48-45(41)29-37)36-21-17-31(18-22-36)39-16-8-12-32-20-24-40-38-15-7-6-9-30(38)19-25-42(40)46(32)39/h1-29H. The molecule has 1 aromatic heterocycles. The average molecular weight is 628 g/mol. The van der Waals surface area contributed by atoms with Crippen LogP contribution in [0.4, 0.5) is 17.1 Å². The van der Waals surface area contributed by atoms with Gasteiger partial charge in [0.15, 0.2) is 0 Å². The van der Waals surface area contributed by atoms with E-state index in [-0.39, 0.29) is 0 Å². The van der Waals surface area contributed by atoms with Crippen molar-refractivity contribution in [3.63, 3.8) is 0 Å². The number of nitrogens with zero attached hydrogens (tertiary/aromatic N) is 1. The fraction of sp³-hybridized carbons (Fsp3) is 0. The first kappa shape index (κ1) is 27.2. The van der Waals surface area contributed by atoms with Gasteiger partial charge in [-0.1, -0.05) is 127 Å². The molecule has 1 nitrogen and oxygen atoms in total. The molecule has 0 aliphatic rings. The lowest BCUT2D eigenvalue weighted by molar-refractivity contribution is 1.29. The van der Waals surface area contributed by atoms with E-state index in [4.69, 9.17) is 0 Å². The summed E-state index contributed by atoms with van der Waals surface area (Å²) in [7, 11) is 0. The second-order valence-electron chi connectivity index (χ2n) is 12.5. The number of anilines is 3. The van der Waals surface area contributed by atoms with Crippen LogP contribution in [0.1, 0.15) is 0 Å². The van der Waals surface area contributed by atoms with Gasteiger partial charge in [0.05, 0.1) is 0 Å². The topological polar surface area (TPSA) is 3.24 Å². The molecular formula is C46H29NS. The normalized spacial score (nSPS) is 11.8. The van der Waals surface area contributed by atoms with Gasteiger partial charge in [-0.25, -0.2) is 0 Å². The molecule has 0 N–H and O–H groups in total. The quantitative estimate of drug-likeness (QED) is 0.176. The highest BCUT2D eigenvalue weighted by atomic mass is 32.1. The Labute approximate surface area is 282 Å². The van der Waals surface area contributed by atoms with Crippen molar-refractivity contribution in [1.82, 2.24) is 0 Å². The van der Waals surface area contributed by atoms with Crippen molar-refractivity contribution in [2.75, 3.05) is 4.90 Å². The summed E-state index contributed by atoms with van der Waals surface area (Å²) in [5, 5.41) is 12.9. The number of rotatable bonds is 4. The summed E-state index contributed by atoms with van der Waals surface area (Å²) in [6.07, 6.45) is 0. The lowest BCUT2D eigenvalue weighted by atomic mass is 9.91. The Hall–Kier alpha value is -5.96. The summed E-state index contributed by atoms with van der Waals surface area (Å²) < 4.78 is 2.62. The van der Waals surface area contributed by atoms with Gasteiger partial charge >= 0.3 is 0 Å². The molecule has 1 heterocycles. The molecule has 0 bridgehead atoms. The van der Waals surface area contributed by atoms with Gasteiger partial charge in [-0.05, 0) is 103 Å². The predicted octanol–water partition coefficient (Wildman–Crippen LogP) is 13.8. The van der Waals surface area contributed by atoms with Gasteiger partial charge < -0.3 is 4.90 Å². The van der Waals surface area contributed by atoms with Crippen LogP contribution in [0.15, 0.2) is 176 Å². The van der Waals surface area contributed by atoms with Crippen molar-refractivity contribution in [2.24, 2.45) is 0 Å². The maximum atomic E-state index is 2.37. The second kappa shape index (κ2) is 10.8. The van der Waals surface area contributed by atoms with Crippen LogP contribution in [0.5, 0.6) is 0 Å². The SMILES string of the molecule is c1ccc(N(c2ccc(-c3cccc4ccc5c6ccccc6ccc5c34)cc2)c2ccc3c(c2)sc2cc4ccccc4cc23)cc1. The highest BCUT2D eigenvalue weighted by molar-refractivity contribution is 7.25. The lowest BCUT2D eigenvalue weighted by Crippen LogP contribution is -2.09. The molecule has 0 radical (unpaired) electrons. The zero-order chi connectivity index (χ0) is 31.6. The summed E-state index contributed by atoms with van der Waals surface area (Å²) in [5.74, 6) is 0. The number of thiophene rings is 1. The van der Waals surface area contributed by atoms with E-state index >= 15 is 0 Å². The smallest absolute Gasteiger partial charge is 0.0476 e. The molecule has 2 heteroatoms. The van der Waals surface area contributed by atoms with Crippen molar-refractivity contribution in [2.45, 2.75) is 0 Å². The van der Waals surface area contributed by atoms with Crippen molar-refractivity contribution in [3.05, 3.63) is 176 Å². The Balaban J connectivity index is 1.11. The molecule has 0 amide bonds. The van der Waals surface area contributed by atoms with Crippen LogP contribution in [0, 0.1) is 0 Å². The Morgan fingerprint density at radius 3 is 1.81 bits per heavy atom. The van der Waals surface area contributed by atoms with Gasteiger partial charge in [0.25, 0.3) is 0 Å². The predicted molar refractivity (Wildman–Crippen MR) is 209 cm³/mol. The summed E-state index contributed by atoms with van der Waals surface area (Å²) in [5.41, 5.74) is 5.89. The van der Waals surface area contributed by atoms with Crippen molar-refractivity contribution >= 4 is 91.7 Å². The molecule has 0 saturated carbocycles. The van der Waals surface area contributed by atoms with Gasteiger partial charge in [0.1, 0.15) is 0 Å². The van der Waals surface area contributed by atoms with Gasteiger partial charge in [0, 0.05) is 37.2 Å². The molecule has 0 unspecified atom stereocenters. The van der Waals surface area contributed by atoms with E-state index in [0.717, 1.165) is 17.1 Å². The fourth-order valence-electron chi connectivity index (χ4n) is 7.52. The third-order valence-corrected chi connectivity index (χ3v) is 10.9. The number of hydrogen-bond acceptors (Lipinski definition) is 2. The first-order chi connectivity index (χ1) is 23.8. The first-order valence-corrected chi connectivity index (χ1v) is 17.2. The van der Waals surface area contributed by atoms with Crippen LogP contribution in [0.25, 0.3) is 74.4 Å². The van der Waals surface area contributed by atoms with Crippen LogP contribution in [0.3, 0.4) is 0 Å². The minimum atomic E-state index is 1.13. The fourth-order valence-corrected chi connectivity index (χ4v) is 8.69. The number of benzene rings is 9. The van der Waals surface area contributed by atoms with Crippen LogP contribution in [-0.2, 0) is 0 Å². The van der Waals surface area contributed by atoms with E-state index in [1.54, 1.807) is 0 Å². The van der Waals surface area contributed by atoms with Gasteiger partial charge in [0.2, 0.25) is 0 Å². The van der Waals surface area contributed by atoms with E-state index in [0.29, 0.717) is 0 Å². The Kier molecular flexibility index (Phi) is 6.12. The molecule has 0 saturated heterocycles. The van der Waals surface area contributed by atoms with Crippen LogP contribution in [-0.4, -0.2) is 0 Å². The molecular weight excluding hydrogens is 599 g/mol. The highest BCUT2D eigenvalue weighted by Gasteiger charge is 2.16. The molecule has 224 valence electrons. The molecule has 0 spiro atoms. The van der Waals surface area contributed by atoms with Crippen LogP contribution in [0.2, 0.25) is 0 Å². The minimum Gasteiger partial charge on any atom is -0.310 e. The van der Waals surface area contributed by atoms with Crippen molar-refractivity contribution < 1.29 is 0 Å². The highest BCUT2D eigenvalue weighted by Crippen LogP contribution is 2.43. The lowest BCUT2D eigenvalue weighted by Gasteiger charge is -2.26. The second-order valence-corrected chi connectivity index (χ2v) is 13.6. The van der Waals surface area contributed by atoms with E-state index in [1.165, 1.54) is 74.4 Å². The van der Waals surface area contributed by atoms with Crippen LogP contribution >= 0.6 is 11.3 Å². The van der Waals surface area contributed by atoms with Crippen molar-refractivity contribution in [1.29, 1.82) is 0 Å². The zero-order valence-corrected chi connectivity index (χ0v) is 26.9. The molecule has 9 aromatic carbocycles. The summed E-state index contributed by atoms with van der Waals surface area (Å²) in [6.45, 7) is 0. The van der Waals surface area contributed by atoms with Gasteiger partial charge in [-0.2, -0.15) is 0 Å². The molecule has 0 aliphatic carbocycles. The molecule has 0 atom stereocenters. The third kappa shape index (κ3) is 4.31. The summed E-state index contributed by atoms with van der Waals surface area (Å²) >= 11 is 1.87. The maximum Gasteiger partial charge on any atom is 0.0476 e. The Morgan fingerprint density at radius 2 is 0.958 bits per heavy atom. The first-order valence-electron chi connectivity index (χ1n) is 16.4. The van der Waals surface area contributed by atoms with Gasteiger partial charge in [-0.3, -0.25) is 0 Å². The summed E-state index contributed by atoms with van der Waals surface area (Å²) in [4.78, 5) is 2.37. The Bertz CT molecular complexity index is 2830. The minimum absolute atomic E-state index is 1.13. The van der Waals surface area contributed by atoms with Gasteiger partial charge in [-0.15, -0.1) is 11.3 Å².